The highest BCUT2D eigenvalue weighted by atomic mass is 35.5. The molecule has 0 aliphatic heterocycles. The predicted molar refractivity (Wildman–Crippen MR) is 81.2 cm³/mol. The number of hydrogen-bond donors (Lipinski definition) is 3. The minimum Gasteiger partial charge on any atom is -0.319 e. The zero-order valence-electron chi connectivity index (χ0n) is 10.6. The van der Waals surface area contributed by atoms with Gasteiger partial charge in [0.15, 0.2) is 0 Å². The van der Waals surface area contributed by atoms with Crippen LogP contribution in [0.15, 0.2) is 30.3 Å². The maximum absolute atomic E-state index is 12.2. The van der Waals surface area contributed by atoms with Crippen molar-refractivity contribution in [2.45, 2.75) is 6.92 Å². The van der Waals surface area contributed by atoms with E-state index in [4.69, 9.17) is 29.0 Å². The molecule has 20 heavy (non-hydrogen) atoms. The van der Waals surface area contributed by atoms with Crippen LogP contribution in [0.1, 0.15) is 16.1 Å². The molecule has 104 valence electrons. The maximum atomic E-state index is 12.2. The SMILES string of the molecule is Cc1ccc(Cl)c(NC(=O)c2nc(NN)ccc2Cl)c1. The summed E-state index contributed by atoms with van der Waals surface area (Å²) in [5.74, 6) is 5.14. The highest BCUT2D eigenvalue weighted by Gasteiger charge is 2.14. The molecule has 4 N–H and O–H groups in total. The molecule has 1 amide bonds. The molecule has 0 bridgehead atoms. The van der Waals surface area contributed by atoms with E-state index >= 15 is 0 Å². The number of anilines is 2. The van der Waals surface area contributed by atoms with Crippen LogP contribution in [0.3, 0.4) is 0 Å². The maximum Gasteiger partial charge on any atom is 0.275 e. The Balaban J connectivity index is 2.30. The van der Waals surface area contributed by atoms with Gasteiger partial charge in [0.2, 0.25) is 0 Å². The quantitative estimate of drug-likeness (QED) is 0.600. The number of benzene rings is 1. The summed E-state index contributed by atoms with van der Waals surface area (Å²) >= 11 is 12.0. The van der Waals surface area contributed by atoms with Crippen molar-refractivity contribution in [2.24, 2.45) is 5.84 Å². The van der Waals surface area contributed by atoms with Crippen molar-refractivity contribution >= 4 is 40.6 Å². The summed E-state index contributed by atoms with van der Waals surface area (Å²) in [4.78, 5) is 16.2. The Morgan fingerprint density at radius 2 is 1.90 bits per heavy atom. The highest BCUT2D eigenvalue weighted by Crippen LogP contribution is 2.24. The van der Waals surface area contributed by atoms with Gasteiger partial charge in [-0.2, -0.15) is 0 Å². The first-order valence-corrected chi connectivity index (χ1v) is 6.47. The number of rotatable bonds is 3. The molecule has 0 radical (unpaired) electrons. The molecule has 1 aromatic carbocycles. The molecule has 0 unspecified atom stereocenters. The van der Waals surface area contributed by atoms with Gasteiger partial charge in [-0.25, -0.2) is 10.8 Å². The van der Waals surface area contributed by atoms with E-state index in [1.54, 1.807) is 18.2 Å². The minimum atomic E-state index is -0.459. The van der Waals surface area contributed by atoms with Crippen molar-refractivity contribution in [2.75, 3.05) is 10.7 Å². The van der Waals surface area contributed by atoms with Crippen LogP contribution in [0.2, 0.25) is 10.0 Å². The molecule has 0 saturated heterocycles. The number of pyridine rings is 1. The molecule has 1 aromatic heterocycles. The predicted octanol–water partition coefficient (Wildman–Crippen LogP) is 3.23. The molecule has 0 aliphatic rings. The second kappa shape index (κ2) is 6.09. The lowest BCUT2D eigenvalue weighted by atomic mass is 10.2. The normalized spacial score (nSPS) is 10.2. The Bertz CT molecular complexity index is 661. The zero-order chi connectivity index (χ0) is 14.7. The van der Waals surface area contributed by atoms with E-state index in [-0.39, 0.29) is 10.7 Å². The van der Waals surface area contributed by atoms with Crippen LogP contribution in [-0.2, 0) is 0 Å². The number of nitrogen functional groups attached to an aromatic ring is 1. The molecule has 7 heteroatoms. The van der Waals surface area contributed by atoms with Gasteiger partial charge in [0.25, 0.3) is 5.91 Å². The number of aromatic nitrogens is 1. The molecular weight excluding hydrogens is 299 g/mol. The van der Waals surface area contributed by atoms with Crippen LogP contribution in [0.4, 0.5) is 11.5 Å². The third kappa shape index (κ3) is 3.19. The Kier molecular flexibility index (Phi) is 4.44. The van der Waals surface area contributed by atoms with Gasteiger partial charge in [-0.15, -0.1) is 0 Å². The molecule has 5 nitrogen and oxygen atoms in total. The molecule has 1 heterocycles. The van der Waals surface area contributed by atoms with E-state index < -0.39 is 5.91 Å². The van der Waals surface area contributed by atoms with E-state index in [1.807, 2.05) is 13.0 Å². The molecule has 0 fully saturated rings. The van der Waals surface area contributed by atoms with Gasteiger partial charge >= 0.3 is 0 Å². The largest absolute Gasteiger partial charge is 0.319 e. The number of halogens is 2. The van der Waals surface area contributed by atoms with E-state index in [1.165, 1.54) is 6.07 Å². The number of hydrogen-bond acceptors (Lipinski definition) is 4. The standard InChI is InChI=1S/C13H12Cl2N4O/c1-7-2-3-8(14)10(6-7)17-13(20)12-9(15)4-5-11(18-12)19-16/h2-6H,16H2,1H3,(H,17,20)(H,18,19). The van der Waals surface area contributed by atoms with Crippen LogP contribution in [0, 0.1) is 6.92 Å². The fraction of sp³-hybridized carbons (Fsp3) is 0.0769. The van der Waals surface area contributed by atoms with Crippen LogP contribution >= 0.6 is 23.2 Å². The van der Waals surface area contributed by atoms with Crippen molar-refractivity contribution < 1.29 is 4.79 Å². The Morgan fingerprint density at radius 3 is 2.60 bits per heavy atom. The number of hydrazine groups is 1. The molecule has 0 spiro atoms. The third-order valence-corrected chi connectivity index (χ3v) is 3.21. The summed E-state index contributed by atoms with van der Waals surface area (Å²) in [5, 5.41) is 3.34. The smallest absolute Gasteiger partial charge is 0.275 e. The fourth-order valence-electron chi connectivity index (χ4n) is 1.60. The summed E-state index contributed by atoms with van der Waals surface area (Å²) in [5.41, 5.74) is 3.90. The first-order valence-electron chi connectivity index (χ1n) is 5.72. The summed E-state index contributed by atoms with van der Waals surface area (Å²) in [6, 6.07) is 8.43. The van der Waals surface area contributed by atoms with Gasteiger partial charge in [0.05, 0.1) is 15.7 Å². The van der Waals surface area contributed by atoms with Gasteiger partial charge in [-0.3, -0.25) is 4.79 Å². The minimum absolute atomic E-state index is 0.0692. The number of nitrogens with two attached hydrogens (primary N) is 1. The van der Waals surface area contributed by atoms with Crippen LogP contribution < -0.4 is 16.6 Å². The average Bonchev–Trinajstić information content (AvgIpc) is 2.43. The first kappa shape index (κ1) is 14.6. The third-order valence-electron chi connectivity index (χ3n) is 2.58. The summed E-state index contributed by atoms with van der Waals surface area (Å²) in [7, 11) is 0. The van der Waals surface area contributed by atoms with Gasteiger partial charge in [0, 0.05) is 0 Å². The van der Waals surface area contributed by atoms with E-state index in [0.29, 0.717) is 16.5 Å². The molecule has 2 rings (SSSR count). The molecule has 0 saturated carbocycles. The van der Waals surface area contributed by atoms with E-state index in [2.05, 4.69) is 15.7 Å². The number of carbonyl (C=O) groups is 1. The van der Waals surface area contributed by atoms with E-state index in [0.717, 1.165) is 5.56 Å². The monoisotopic (exact) mass is 310 g/mol. The summed E-state index contributed by atoms with van der Waals surface area (Å²) in [6.07, 6.45) is 0. The Hall–Kier alpha value is -1.82. The van der Waals surface area contributed by atoms with Gasteiger partial charge < -0.3 is 10.7 Å². The summed E-state index contributed by atoms with van der Waals surface area (Å²) < 4.78 is 0. The highest BCUT2D eigenvalue weighted by molar-refractivity contribution is 6.35. The van der Waals surface area contributed by atoms with Crippen molar-refractivity contribution in [1.29, 1.82) is 0 Å². The lowest BCUT2D eigenvalue weighted by Crippen LogP contribution is -2.17. The molecular formula is C13H12Cl2N4O. The molecule has 0 atom stereocenters. The van der Waals surface area contributed by atoms with Crippen molar-refractivity contribution in [3.05, 3.63) is 51.6 Å². The number of aryl methyl sites for hydroxylation is 1. The molecule has 0 aliphatic carbocycles. The Labute approximate surface area is 126 Å². The van der Waals surface area contributed by atoms with Crippen LogP contribution in [0.5, 0.6) is 0 Å². The van der Waals surface area contributed by atoms with Gasteiger partial charge in [-0.05, 0) is 36.8 Å². The topological polar surface area (TPSA) is 80.0 Å². The summed E-state index contributed by atoms with van der Waals surface area (Å²) in [6.45, 7) is 1.90. The number of nitrogens with zero attached hydrogens (tertiary/aromatic N) is 1. The van der Waals surface area contributed by atoms with Gasteiger partial charge in [0.1, 0.15) is 11.5 Å². The second-order valence-electron chi connectivity index (χ2n) is 4.11. The molecule has 2 aromatic rings. The zero-order valence-corrected chi connectivity index (χ0v) is 12.1. The van der Waals surface area contributed by atoms with Crippen LogP contribution in [0.25, 0.3) is 0 Å². The lowest BCUT2D eigenvalue weighted by Gasteiger charge is -2.09. The number of carbonyl (C=O) groups excluding carboxylic acids is 1. The van der Waals surface area contributed by atoms with Crippen molar-refractivity contribution in [1.82, 2.24) is 4.98 Å². The van der Waals surface area contributed by atoms with E-state index in [9.17, 15) is 4.79 Å². The lowest BCUT2D eigenvalue weighted by molar-refractivity contribution is 0.102. The number of nitrogens with one attached hydrogen (secondary N) is 2. The fourth-order valence-corrected chi connectivity index (χ4v) is 1.95. The number of amides is 1. The van der Waals surface area contributed by atoms with Crippen LogP contribution in [-0.4, -0.2) is 10.9 Å². The van der Waals surface area contributed by atoms with Gasteiger partial charge in [-0.1, -0.05) is 29.3 Å². The first-order chi connectivity index (χ1) is 9.51. The average molecular weight is 311 g/mol. The Morgan fingerprint density at radius 1 is 1.20 bits per heavy atom. The van der Waals surface area contributed by atoms with Crippen molar-refractivity contribution in [3.63, 3.8) is 0 Å². The van der Waals surface area contributed by atoms with Crippen molar-refractivity contribution in [3.8, 4) is 0 Å². The second-order valence-corrected chi connectivity index (χ2v) is 4.92.